The summed E-state index contributed by atoms with van der Waals surface area (Å²) in [6, 6.07) is -0.0406. The number of carbonyl (C=O) groups is 2. The lowest BCUT2D eigenvalue weighted by Gasteiger charge is -2.27. The summed E-state index contributed by atoms with van der Waals surface area (Å²) in [6.07, 6.45) is 3.80. The third-order valence-electron chi connectivity index (χ3n) is 3.99. The highest BCUT2D eigenvalue weighted by molar-refractivity contribution is 5.74. The normalized spacial score (nSPS) is 30.8. The van der Waals surface area contributed by atoms with Gasteiger partial charge in [-0.3, -0.25) is 4.79 Å². The highest BCUT2D eigenvalue weighted by Gasteiger charge is 2.26. The van der Waals surface area contributed by atoms with Gasteiger partial charge in [0.05, 0.1) is 12.5 Å². The Balaban J connectivity index is 1.61. The highest BCUT2D eigenvalue weighted by Crippen LogP contribution is 2.24. The molecule has 1 saturated carbocycles. The molecule has 2 aliphatic rings. The van der Waals surface area contributed by atoms with Crippen LogP contribution in [0.15, 0.2) is 0 Å². The number of ether oxygens (including phenoxy) is 1. The van der Waals surface area contributed by atoms with E-state index in [1.165, 1.54) is 0 Å². The first-order valence-corrected chi connectivity index (χ1v) is 7.00. The monoisotopic (exact) mass is 270 g/mol. The SMILES string of the molecule is O=C(NCC1CCOC1)NC1CCC(C(=O)O)CC1. The van der Waals surface area contributed by atoms with Crippen LogP contribution < -0.4 is 10.6 Å². The van der Waals surface area contributed by atoms with Crippen LogP contribution in [0.4, 0.5) is 4.79 Å². The van der Waals surface area contributed by atoms with Crippen molar-refractivity contribution in [2.75, 3.05) is 19.8 Å². The van der Waals surface area contributed by atoms with Crippen molar-refractivity contribution in [3.8, 4) is 0 Å². The van der Waals surface area contributed by atoms with Crippen LogP contribution in [-0.4, -0.2) is 42.9 Å². The van der Waals surface area contributed by atoms with Crippen LogP contribution in [0.5, 0.6) is 0 Å². The molecular weight excluding hydrogens is 248 g/mol. The van der Waals surface area contributed by atoms with Gasteiger partial charge >= 0.3 is 12.0 Å². The quantitative estimate of drug-likeness (QED) is 0.710. The molecule has 1 atom stereocenters. The fraction of sp³-hybridized carbons (Fsp3) is 0.846. The molecule has 2 fully saturated rings. The molecule has 2 rings (SSSR count). The van der Waals surface area contributed by atoms with Crippen LogP contribution in [-0.2, 0) is 9.53 Å². The molecule has 1 saturated heterocycles. The first-order valence-electron chi connectivity index (χ1n) is 7.00. The Hall–Kier alpha value is -1.30. The van der Waals surface area contributed by atoms with Crippen molar-refractivity contribution >= 4 is 12.0 Å². The maximum Gasteiger partial charge on any atom is 0.315 e. The molecule has 0 radical (unpaired) electrons. The Morgan fingerprint density at radius 2 is 1.89 bits per heavy atom. The van der Waals surface area contributed by atoms with Gasteiger partial charge in [0.15, 0.2) is 0 Å². The van der Waals surface area contributed by atoms with E-state index in [1.54, 1.807) is 0 Å². The maximum absolute atomic E-state index is 11.7. The van der Waals surface area contributed by atoms with Crippen molar-refractivity contribution in [3.05, 3.63) is 0 Å². The van der Waals surface area contributed by atoms with Crippen molar-refractivity contribution in [3.63, 3.8) is 0 Å². The molecule has 0 aromatic heterocycles. The van der Waals surface area contributed by atoms with Gasteiger partial charge < -0.3 is 20.5 Å². The average Bonchev–Trinajstić information content (AvgIpc) is 2.90. The van der Waals surface area contributed by atoms with Crippen LogP contribution in [0.25, 0.3) is 0 Å². The minimum Gasteiger partial charge on any atom is -0.481 e. The van der Waals surface area contributed by atoms with E-state index < -0.39 is 5.97 Å². The Labute approximate surface area is 112 Å². The molecule has 108 valence electrons. The van der Waals surface area contributed by atoms with E-state index >= 15 is 0 Å². The third kappa shape index (κ3) is 4.38. The van der Waals surface area contributed by atoms with Crippen molar-refractivity contribution in [1.82, 2.24) is 10.6 Å². The van der Waals surface area contributed by atoms with E-state index in [1.807, 2.05) is 0 Å². The van der Waals surface area contributed by atoms with Gasteiger partial charge in [-0.1, -0.05) is 0 Å². The van der Waals surface area contributed by atoms with Gasteiger partial charge in [0.1, 0.15) is 0 Å². The minimum absolute atomic E-state index is 0.107. The molecule has 0 aromatic rings. The molecule has 0 bridgehead atoms. The largest absolute Gasteiger partial charge is 0.481 e. The van der Waals surface area contributed by atoms with E-state index in [4.69, 9.17) is 9.84 Å². The summed E-state index contributed by atoms with van der Waals surface area (Å²) in [5.74, 6) is -0.533. The van der Waals surface area contributed by atoms with E-state index in [2.05, 4.69) is 10.6 Å². The Kier molecular flexibility index (Phi) is 5.01. The van der Waals surface area contributed by atoms with Gasteiger partial charge in [-0.2, -0.15) is 0 Å². The summed E-state index contributed by atoms with van der Waals surface area (Å²) >= 11 is 0. The lowest BCUT2D eigenvalue weighted by atomic mass is 9.86. The molecule has 19 heavy (non-hydrogen) atoms. The Bertz CT molecular complexity index is 321. The molecule has 3 N–H and O–H groups in total. The fourth-order valence-electron chi connectivity index (χ4n) is 2.70. The van der Waals surface area contributed by atoms with Crippen molar-refractivity contribution in [2.45, 2.75) is 38.1 Å². The smallest absolute Gasteiger partial charge is 0.315 e. The van der Waals surface area contributed by atoms with Crippen LogP contribution in [0.2, 0.25) is 0 Å². The second-order valence-corrected chi connectivity index (χ2v) is 5.47. The molecule has 1 aliphatic carbocycles. The number of aliphatic carboxylic acids is 1. The van der Waals surface area contributed by atoms with Crippen LogP contribution in [0.3, 0.4) is 0 Å². The summed E-state index contributed by atoms with van der Waals surface area (Å²) in [5, 5.41) is 14.7. The van der Waals surface area contributed by atoms with E-state index in [-0.39, 0.29) is 18.0 Å². The van der Waals surface area contributed by atoms with Crippen LogP contribution in [0, 0.1) is 11.8 Å². The van der Waals surface area contributed by atoms with Crippen molar-refractivity contribution < 1.29 is 19.4 Å². The number of hydrogen-bond donors (Lipinski definition) is 3. The number of nitrogens with one attached hydrogen (secondary N) is 2. The first kappa shape index (κ1) is 14.1. The standard InChI is InChI=1S/C13H22N2O4/c16-12(17)10-1-3-11(4-2-10)15-13(18)14-7-9-5-6-19-8-9/h9-11H,1-8H2,(H,16,17)(H2,14,15,18). The zero-order chi connectivity index (χ0) is 13.7. The van der Waals surface area contributed by atoms with Gasteiger partial charge in [-0.25, -0.2) is 4.79 Å². The highest BCUT2D eigenvalue weighted by atomic mass is 16.5. The lowest BCUT2D eigenvalue weighted by molar-refractivity contribution is -0.142. The molecule has 0 aromatic carbocycles. The molecule has 6 heteroatoms. The van der Waals surface area contributed by atoms with E-state index in [9.17, 15) is 9.59 Å². The van der Waals surface area contributed by atoms with Crippen LogP contribution >= 0.6 is 0 Å². The Morgan fingerprint density at radius 3 is 2.47 bits per heavy atom. The molecule has 0 spiro atoms. The topological polar surface area (TPSA) is 87.7 Å². The Morgan fingerprint density at radius 1 is 1.16 bits per heavy atom. The van der Waals surface area contributed by atoms with Gasteiger partial charge in [0, 0.05) is 25.1 Å². The average molecular weight is 270 g/mol. The summed E-state index contributed by atoms with van der Waals surface area (Å²) in [4.78, 5) is 22.5. The second-order valence-electron chi connectivity index (χ2n) is 5.47. The van der Waals surface area contributed by atoms with Gasteiger partial charge in [0.2, 0.25) is 0 Å². The maximum atomic E-state index is 11.7. The predicted molar refractivity (Wildman–Crippen MR) is 68.8 cm³/mol. The second kappa shape index (κ2) is 6.75. The van der Waals surface area contributed by atoms with Gasteiger partial charge in [-0.05, 0) is 32.1 Å². The number of rotatable bonds is 4. The molecule has 2 amide bonds. The zero-order valence-electron chi connectivity index (χ0n) is 11.1. The third-order valence-corrected chi connectivity index (χ3v) is 3.99. The lowest BCUT2D eigenvalue weighted by Crippen LogP contribution is -2.45. The molecule has 1 heterocycles. The number of carboxylic acid groups (broad SMARTS) is 1. The predicted octanol–water partition coefficient (Wildman–Crippen LogP) is 0.965. The van der Waals surface area contributed by atoms with Crippen molar-refractivity contribution in [2.24, 2.45) is 11.8 Å². The van der Waals surface area contributed by atoms with Gasteiger partial charge in [-0.15, -0.1) is 0 Å². The number of urea groups is 1. The fourth-order valence-corrected chi connectivity index (χ4v) is 2.70. The number of hydrogen-bond acceptors (Lipinski definition) is 3. The van der Waals surface area contributed by atoms with E-state index in [0.717, 1.165) is 32.5 Å². The number of carbonyl (C=O) groups excluding carboxylic acids is 1. The summed E-state index contributed by atoms with van der Waals surface area (Å²) < 4.78 is 5.25. The zero-order valence-corrected chi connectivity index (χ0v) is 11.1. The van der Waals surface area contributed by atoms with Gasteiger partial charge in [0.25, 0.3) is 0 Å². The summed E-state index contributed by atoms with van der Waals surface area (Å²) in [7, 11) is 0. The minimum atomic E-state index is -0.718. The van der Waals surface area contributed by atoms with Crippen molar-refractivity contribution in [1.29, 1.82) is 0 Å². The number of amides is 2. The number of carboxylic acids is 1. The molecule has 1 aliphatic heterocycles. The molecular formula is C13H22N2O4. The first-order chi connectivity index (χ1) is 9.15. The molecule has 1 unspecified atom stereocenters. The molecule has 6 nitrogen and oxygen atoms in total. The summed E-state index contributed by atoms with van der Waals surface area (Å²) in [6.45, 7) is 2.16. The van der Waals surface area contributed by atoms with Crippen LogP contribution in [0.1, 0.15) is 32.1 Å². The van der Waals surface area contributed by atoms with E-state index in [0.29, 0.717) is 25.3 Å². The summed E-state index contributed by atoms with van der Waals surface area (Å²) in [5.41, 5.74) is 0.